The molecular formula is C19H24N4OS2. The van der Waals surface area contributed by atoms with Crippen LogP contribution in [0, 0.1) is 0 Å². The largest absolute Gasteiger partial charge is 0.369 e. The van der Waals surface area contributed by atoms with Gasteiger partial charge in [-0.15, -0.1) is 21.5 Å². The van der Waals surface area contributed by atoms with Gasteiger partial charge < -0.3 is 15.0 Å². The first kappa shape index (κ1) is 17.0. The van der Waals surface area contributed by atoms with E-state index in [2.05, 4.69) is 38.6 Å². The van der Waals surface area contributed by atoms with Crippen LogP contribution in [0.4, 0.5) is 5.82 Å². The maximum absolute atomic E-state index is 6.31. The fourth-order valence-electron chi connectivity index (χ4n) is 4.17. The van der Waals surface area contributed by atoms with E-state index in [-0.39, 0.29) is 5.60 Å². The van der Waals surface area contributed by atoms with Gasteiger partial charge in [-0.3, -0.25) is 0 Å². The van der Waals surface area contributed by atoms with Crippen molar-refractivity contribution in [2.24, 2.45) is 0 Å². The van der Waals surface area contributed by atoms with E-state index in [4.69, 9.17) is 4.74 Å². The number of nitrogens with one attached hydrogen (secondary N) is 1. The Balaban J connectivity index is 1.42. The molecule has 5 heterocycles. The molecule has 138 valence electrons. The fraction of sp³-hybridized carbons (Fsp3) is 0.579. The summed E-state index contributed by atoms with van der Waals surface area (Å²) in [6.07, 6.45) is 3.15. The molecular weight excluding hydrogens is 364 g/mol. The summed E-state index contributed by atoms with van der Waals surface area (Å²) >= 11 is 3.88. The smallest absolute Gasteiger partial charge is 0.151 e. The number of ether oxygens (including phenoxy) is 1. The lowest BCUT2D eigenvalue weighted by Gasteiger charge is -2.40. The Morgan fingerprint density at radius 3 is 2.73 bits per heavy atom. The molecule has 3 aliphatic heterocycles. The fourth-order valence-corrected chi connectivity index (χ4v) is 6.45. The minimum atomic E-state index is -0.0689. The molecule has 2 aromatic heterocycles. The molecule has 7 heteroatoms. The molecule has 2 aromatic rings. The quantitative estimate of drug-likeness (QED) is 0.854. The number of hydrogen-bond acceptors (Lipinski definition) is 7. The van der Waals surface area contributed by atoms with Gasteiger partial charge in [0, 0.05) is 29.5 Å². The van der Waals surface area contributed by atoms with Gasteiger partial charge in [-0.25, -0.2) is 0 Å². The van der Waals surface area contributed by atoms with Crippen LogP contribution in [0.5, 0.6) is 0 Å². The van der Waals surface area contributed by atoms with E-state index in [0.29, 0.717) is 0 Å². The van der Waals surface area contributed by atoms with Crippen LogP contribution in [0.25, 0.3) is 10.6 Å². The van der Waals surface area contributed by atoms with Crippen molar-refractivity contribution in [3.63, 3.8) is 0 Å². The molecule has 2 saturated heterocycles. The normalized spacial score (nSPS) is 22.4. The molecule has 0 aliphatic carbocycles. The van der Waals surface area contributed by atoms with Gasteiger partial charge in [0.05, 0.1) is 11.5 Å². The second-order valence-corrected chi connectivity index (χ2v) is 9.46. The standard InChI is InChI=1S/C19H24N4OS2/c1-2-17(23-8-11-25-12-9-23)22-21-15(1)16-13-14-3-10-24-19(18(14)26-16)4-6-20-7-5-19/h1-2,13,20H,3-12H2. The maximum Gasteiger partial charge on any atom is 0.151 e. The first-order valence-corrected chi connectivity index (χ1v) is 11.5. The average Bonchev–Trinajstić information content (AvgIpc) is 3.16. The second kappa shape index (κ2) is 7.11. The highest BCUT2D eigenvalue weighted by atomic mass is 32.2. The highest BCUT2D eigenvalue weighted by Gasteiger charge is 2.40. The van der Waals surface area contributed by atoms with Crippen molar-refractivity contribution in [3.8, 4) is 10.6 Å². The number of hydrogen-bond donors (Lipinski definition) is 1. The Labute approximate surface area is 162 Å². The summed E-state index contributed by atoms with van der Waals surface area (Å²) in [6.45, 7) is 5.05. The van der Waals surface area contributed by atoms with E-state index in [9.17, 15) is 0 Å². The molecule has 5 rings (SSSR count). The van der Waals surface area contributed by atoms with Crippen molar-refractivity contribution >= 4 is 28.9 Å². The summed E-state index contributed by atoms with van der Waals surface area (Å²) in [5.41, 5.74) is 2.38. The lowest BCUT2D eigenvalue weighted by molar-refractivity contribution is -0.0771. The zero-order valence-electron chi connectivity index (χ0n) is 14.9. The van der Waals surface area contributed by atoms with E-state index in [1.807, 2.05) is 23.1 Å². The third-order valence-corrected chi connectivity index (χ3v) is 7.95. The Morgan fingerprint density at radius 2 is 1.96 bits per heavy atom. The van der Waals surface area contributed by atoms with Gasteiger partial charge in [0.15, 0.2) is 5.82 Å². The Hall–Kier alpha value is -1.15. The highest BCUT2D eigenvalue weighted by Crippen LogP contribution is 2.46. The van der Waals surface area contributed by atoms with Gasteiger partial charge in [-0.1, -0.05) is 0 Å². The summed E-state index contributed by atoms with van der Waals surface area (Å²) < 4.78 is 6.31. The van der Waals surface area contributed by atoms with E-state index < -0.39 is 0 Å². The molecule has 3 aliphatic rings. The average molecular weight is 389 g/mol. The van der Waals surface area contributed by atoms with Gasteiger partial charge in [0.25, 0.3) is 0 Å². The number of aromatic nitrogens is 2. The zero-order chi connectivity index (χ0) is 17.4. The lowest BCUT2D eigenvalue weighted by Crippen LogP contribution is -2.43. The Bertz CT molecular complexity index is 764. The zero-order valence-corrected chi connectivity index (χ0v) is 16.5. The molecule has 0 amide bonds. The van der Waals surface area contributed by atoms with Crippen LogP contribution >= 0.6 is 23.1 Å². The molecule has 0 bridgehead atoms. The van der Waals surface area contributed by atoms with Crippen LogP contribution < -0.4 is 10.2 Å². The van der Waals surface area contributed by atoms with Gasteiger partial charge >= 0.3 is 0 Å². The topological polar surface area (TPSA) is 50.3 Å². The summed E-state index contributed by atoms with van der Waals surface area (Å²) in [5, 5.41) is 12.5. The number of thioether (sulfide) groups is 1. The molecule has 0 atom stereocenters. The van der Waals surface area contributed by atoms with Gasteiger partial charge in [0.1, 0.15) is 11.3 Å². The van der Waals surface area contributed by atoms with Crippen LogP contribution in [-0.4, -0.2) is 54.5 Å². The molecule has 0 radical (unpaired) electrons. The molecule has 0 saturated carbocycles. The first-order chi connectivity index (χ1) is 12.8. The molecule has 1 spiro atoms. The van der Waals surface area contributed by atoms with Crippen molar-refractivity contribution in [3.05, 3.63) is 28.6 Å². The minimum absolute atomic E-state index is 0.0689. The summed E-state index contributed by atoms with van der Waals surface area (Å²) in [4.78, 5) is 5.00. The van der Waals surface area contributed by atoms with Crippen LogP contribution in [-0.2, 0) is 16.8 Å². The predicted octanol–water partition coefficient (Wildman–Crippen LogP) is 2.91. The molecule has 0 aromatic carbocycles. The molecule has 2 fully saturated rings. The minimum Gasteiger partial charge on any atom is -0.369 e. The number of fused-ring (bicyclic) bond motifs is 2. The van der Waals surface area contributed by atoms with Gasteiger partial charge in [-0.2, -0.15) is 11.8 Å². The molecule has 5 nitrogen and oxygen atoms in total. The summed E-state index contributed by atoms with van der Waals surface area (Å²) in [6, 6.07) is 6.60. The van der Waals surface area contributed by atoms with Gasteiger partial charge in [0.2, 0.25) is 0 Å². The third kappa shape index (κ3) is 3.05. The van der Waals surface area contributed by atoms with E-state index in [1.165, 1.54) is 26.8 Å². The van der Waals surface area contributed by atoms with Crippen molar-refractivity contribution < 1.29 is 4.74 Å². The van der Waals surface area contributed by atoms with Crippen molar-refractivity contribution in [1.29, 1.82) is 0 Å². The Kier molecular flexibility index (Phi) is 4.64. The number of rotatable bonds is 2. The number of piperidine rings is 1. The maximum atomic E-state index is 6.31. The SMILES string of the molecule is c1cc(N2CCSCC2)nnc1-c1cc2c(s1)C1(CCNCC1)OCC2. The number of anilines is 1. The third-order valence-electron chi connectivity index (χ3n) is 5.62. The number of thiophene rings is 1. The highest BCUT2D eigenvalue weighted by molar-refractivity contribution is 7.99. The van der Waals surface area contributed by atoms with Crippen LogP contribution in [0.3, 0.4) is 0 Å². The predicted molar refractivity (Wildman–Crippen MR) is 108 cm³/mol. The lowest BCUT2D eigenvalue weighted by atomic mass is 9.86. The monoisotopic (exact) mass is 388 g/mol. The first-order valence-electron chi connectivity index (χ1n) is 9.49. The number of nitrogens with zero attached hydrogens (tertiary/aromatic N) is 3. The summed E-state index contributed by atoms with van der Waals surface area (Å²) in [5.74, 6) is 3.37. The summed E-state index contributed by atoms with van der Waals surface area (Å²) in [7, 11) is 0. The van der Waals surface area contributed by atoms with Crippen molar-refractivity contribution in [1.82, 2.24) is 15.5 Å². The van der Waals surface area contributed by atoms with Crippen LogP contribution in [0.15, 0.2) is 18.2 Å². The van der Waals surface area contributed by atoms with E-state index >= 15 is 0 Å². The van der Waals surface area contributed by atoms with Crippen LogP contribution in [0.2, 0.25) is 0 Å². The van der Waals surface area contributed by atoms with Crippen molar-refractivity contribution in [2.45, 2.75) is 24.9 Å². The van der Waals surface area contributed by atoms with Gasteiger partial charge in [-0.05, 0) is 56.1 Å². The Morgan fingerprint density at radius 1 is 1.12 bits per heavy atom. The van der Waals surface area contributed by atoms with Crippen LogP contribution in [0.1, 0.15) is 23.3 Å². The molecule has 1 N–H and O–H groups in total. The second-order valence-electron chi connectivity index (χ2n) is 7.18. The van der Waals surface area contributed by atoms with E-state index in [1.54, 1.807) is 0 Å². The molecule has 26 heavy (non-hydrogen) atoms. The molecule has 0 unspecified atom stereocenters. The van der Waals surface area contributed by atoms with Crippen molar-refractivity contribution in [2.75, 3.05) is 49.2 Å². The van der Waals surface area contributed by atoms with E-state index in [0.717, 1.165) is 63.6 Å².